The van der Waals surface area contributed by atoms with E-state index < -0.39 is 11.7 Å². The number of halogens is 1. The van der Waals surface area contributed by atoms with E-state index in [1.807, 2.05) is 26.0 Å². The van der Waals surface area contributed by atoms with Gasteiger partial charge in [0.15, 0.2) is 5.58 Å². The first-order chi connectivity index (χ1) is 13.4. The van der Waals surface area contributed by atoms with E-state index in [1.54, 1.807) is 18.2 Å². The number of oxazole rings is 1. The van der Waals surface area contributed by atoms with Crippen LogP contribution in [0.2, 0.25) is 0 Å². The van der Waals surface area contributed by atoms with Crippen molar-refractivity contribution in [3.63, 3.8) is 0 Å². The van der Waals surface area contributed by atoms with E-state index in [2.05, 4.69) is 10.3 Å². The van der Waals surface area contributed by atoms with Crippen molar-refractivity contribution in [1.82, 2.24) is 4.98 Å². The summed E-state index contributed by atoms with van der Waals surface area (Å²) in [4.78, 5) is 16.7. The Morgan fingerprint density at radius 1 is 1.11 bits per heavy atom. The van der Waals surface area contributed by atoms with Crippen molar-refractivity contribution >= 4 is 22.7 Å². The maximum Gasteiger partial charge on any atom is 0.258 e. The molecule has 2 N–H and O–H groups in total. The highest BCUT2D eigenvalue weighted by molar-refractivity contribution is 6.04. The Bertz CT molecular complexity index is 1210. The molecule has 28 heavy (non-hydrogen) atoms. The Hall–Kier alpha value is -3.67. The first-order valence-electron chi connectivity index (χ1n) is 8.69. The third kappa shape index (κ3) is 3.20. The maximum atomic E-state index is 13.7. The van der Waals surface area contributed by atoms with E-state index in [0.29, 0.717) is 22.4 Å². The van der Waals surface area contributed by atoms with Gasteiger partial charge in [-0.1, -0.05) is 18.2 Å². The van der Waals surface area contributed by atoms with E-state index in [0.717, 1.165) is 11.1 Å². The van der Waals surface area contributed by atoms with Gasteiger partial charge in [0.05, 0.1) is 11.1 Å². The van der Waals surface area contributed by atoms with Crippen LogP contribution in [0.5, 0.6) is 5.75 Å². The molecule has 0 unspecified atom stereocenters. The minimum atomic E-state index is -0.613. The van der Waals surface area contributed by atoms with Crippen LogP contribution >= 0.6 is 0 Å². The van der Waals surface area contributed by atoms with Crippen LogP contribution in [0.1, 0.15) is 21.5 Å². The number of aromatic hydroxyl groups is 1. The molecule has 4 aromatic rings. The largest absolute Gasteiger partial charge is 0.507 e. The van der Waals surface area contributed by atoms with Gasteiger partial charge in [0.2, 0.25) is 5.89 Å². The molecule has 4 rings (SSSR count). The number of phenolic OH excluding ortho intramolecular Hbond substituents is 1. The molecular formula is C22H17FN2O3. The number of fused-ring (bicyclic) bond motifs is 1. The first kappa shape index (κ1) is 17.7. The Kier molecular flexibility index (Phi) is 4.31. The molecule has 0 aliphatic carbocycles. The number of rotatable bonds is 3. The van der Waals surface area contributed by atoms with Gasteiger partial charge >= 0.3 is 0 Å². The van der Waals surface area contributed by atoms with Crippen molar-refractivity contribution in [2.24, 2.45) is 0 Å². The zero-order valence-corrected chi connectivity index (χ0v) is 15.3. The second kappa shape index (κ2) is 6.81. The number of benzene rings is 3. The van der Waals surface area contributed by atoms with Crippen molar-refractivity contribution in [3.05, 3.63) is 77.1 Å². The quantitative estimate of drug-likeness (QED) is 0.515. The van der Waals surface area contributed by atoms with Gasteiger partial charge in [-0.2, -0.15) is 0 Å². The normalized spacial score (nSPS) is 11.0. The lowest BCUT2D eigenvalue weighted by Gasteiger charge is -2.08. The lowest BCUT2D eigenvalue weighted by Crippen LogP contribution is -2.13. The number of nitrogens with one attached hydrogen (secondary N) is 1. The predicted octanol–water partition coefficient (Wildman–Crippen LogP) is 5.21. The number of carbonyl (C=O) groups is 1. The van der Waals surface area contributed by atoms with Crippen LogP contribution in [0.25, 0.3) is 22.6 Å². The first-order valence-corrected chi connectivity index (χ1v) is 8.69. The Morgan fingerprint density at radius 3 is 2.64 bits per heavy atom. The molecule has 6 heteroatoms. The number of carbonyl (C=O) groups excluding carboxylic acids is 1. The van der Waals surface area contributed by atoms with E-state index in [9.17, 15) is 14.3 Å². The Morgan fingerprint density at radius 2 is 1.89 bits per heavy atom. The van der Waals surface area contributed by atoms with E-state index in [1.165, 1.54) is 24.3 Å². The van der Waals surface area contributed by atoms with E-state index in [4.69, 9.17) is 4.42 Å². The van der Waals surface area contributed by atoms with Gasteiger partial charge in [-0.15, -0.1) is 0 Å². The fraction of sp³-hybridized carbons (Fsp3) is 0.0909. The van der Waals surface area contributed by atoms with Crippen molar-refractivity contribution < 1.29 is 18.7 Å². The van der Waals surface area contributed by atoms with Crippen molar-refractivity contribution in [2.45, 2.75) is 13.8 Å². The molecule has 0 aliphatic rings. The van der Waals surface area contributed by atoms with Gasteiger partial charge in [0.25, 0.3) is 5.91 Å². The fourth-order valence-electron chi connectivity index (χ4n) is 3.13. The number of nitrogens with zero attached hydrogens (tertiary/aromatic N) is 1. The SMILES string of the molecule is Cc1cc(C)c2oc(-c3ccc(NC(=O)c4ccccc4F)cc3O)nc2c1. The van der Waals surface area contributed by atoms with Crippen molar-refractivity contribution in [3.8, 4) is 17.2 Å². The van der Waals surface area contributed by atoms with Crippen LogP contribution < -0.4 is 5.32 Å². The highest BCUT2D eigenvalue weighted by Crippen LogP contribution is 2.34. The van der Waals surface area contributed by atoms with Crippen molar-refractivity contribution in [2.75, 3.05) is 5.32 Å². The molecule has 0 saturated carbocycles. The van der Waals surface area contributed by atoms with Crippen LogP contribution in [-0.2, 0) is 0 Å². The third-order valence-corrected chi connectivity index (χ3v) is 4.42. The number of hydrogen-bond acceptors (Lipinski definition) is 4. The lowest BCUT2D eigenvalue weighted by molar-refractivity contribution is 0.102. The number of anilines is 1. The summed E-state index contributed by atoms with van der Waals surface area (Å²) in [6.45, 7) is 3.91. The minimum Gasteiger partial charge on any atom is -0.507 e. The summed E-state index contributed by atoms with van der Waals surface area (Å²) in [6, 6.07) is 14.2. The molecule has 0 aliphatic heterocycles. The van der Waals surface area contributed by atoms with Gasteiger partial charge in [0.1, 0.15) is 17.1 Å². The van der Waals surface area contributed by atoms with Crippen LogP contribution in [0, 0.1) is 19.7 Å². The summed E-state index contributed by atoms with van der Waals surface area (Å²) >= 11 is 0. The summed E-state index contributed by atoms with van der Waals surface area (Å²) in [5.41, 5.74) is 4.06. The average Bonchev–Trinajstić information content (AvgIpc) is 3.06. The third-order valence-electron chi connectivity index (χ3n) is 4.42. The molecule has 1 heterocycles. The van der Waals surface area contributed by atoms with Crippen LogP contribution in [0.3, 0.4) is 0 Å². The van der Waals surface area contributed by atoms with E-state index >= 15 is 0 Å². The molecule has 0 saturated heterocycles. The molecule has 5 nitrogen and oxygen atoms in total. The molecule has 0 atom stereocenters. The van der Waals surface area contributed by atoms with E-state index in [-0.39, 0.29) is 17.2 Å². The molecular weight excluding hydrogens is 359 g/mol. The molecule has 140 valence electrons. The van der Waals surface area contributed by atoms with Gasteiger partial charge in [0, 0.05) is 11.8 Å². The van der Waals surface area contributed by atoms with Crippen LogP contribution in [0.15, 0.2) is 59.0 Å². The molecule has 0 bridgehead atoms. The second-order valence-corrected chi connectivity index (χ2v) is 6.61. The summed E-state index contributed by atoms with van der Waals surface area (Å²) in [5, 5.41) is 13.0. The van der Waals surface area contributed by atoms with Crippen LogP contribution in [-0.4, -0.2) is 16.0 Å². The second-order valence-electron chi connectivity index (χ2n) is 6.61. The molecule has 0 spiro atoms. The minimum absolute atomic E-state index is 0.0733. The number of phenols is 1. The number of hydrogen-bond donors (Lipinski definition) is 2. The predicted molar refractivity (Wildman–Crippen MR) is 105 cm³/mol. The fourth-order valence-corrected chi connectivity index (χ4v) is 3.13. The smallest absolute Gasteiger partial charge is 0.258 e. The van der Waals surface area contributed by atoms with Gasteiger partial charge < -0.3 is 14.8 Å². The Balaban J connectivity index is 1.64. The number of aryl methyl sites for hydroxylation is 2. The summed E-state index contributed by atoms with van der Waals surface area (Å²) in [5.74, 6) is -1.03. The zero-order chi connectivity index (χ0) is 19.8. The summed E-state index contributed by atoms with van der Waals surface area (Å²) < 4.78 is 19.6. The van der Waals surface area contributed by atoms with Gasteiger partial charge in [-0.05, 0) is 55.3 Å². The zero-order valence-electron chi connectivity index (χ0n) is 15.3. The number of aromatic nitrogens is 1. The Labute approximate surface area is 160 Å². The summed E-state index contributed by atoms with van der Waals surface area (Å²) in [6.07, 6.45) is 0. The molecule has 1 amide bonds. The average molecular weight is 376 g/mol. The topological polar surface area (TPSA) is 75.4 Å². The van der Waals surface area contributed by atoms with Gasteiger partial charge in [-0.25, -0.2) is 9.37 Å². The summed E-state index contributed by atoms with van der Waals surface area (Å²) in [7, 11) is 0. The van der Waals surface area contributed by atoms with Crippen molar-refractivity contribution in [1.29, 1.82) is 0 Å². The maximum absolute atomic E-state index is 13.7. The lowest BCUT2D eigenvalue weighted by atomic mass is 10.1. The molecule has 0 fully saturated rings. The highest BCUT2D eigenvalue weighted by Gasteiger charge is 2.16. The molecule has 0 radical (unpaired) electrons. The molecule has 1 aromatic heterocycles. The highest BCUT2D eigenvalue weighted by atomic mass is 19.1. The van der Waals surface area contributed by atoms with Gasteiger partial charge in [-0.3, -0.25) is 4.79 Å². The standard InChI is InChI=1S/C22H17FN2O3/c1-12-9-13(2)20-18(10-12)25-22(28-20)16-8-7-14(11-19(16)26)24-21(27)15-5-3-4-6-17(15)23/h3-11,26H,1-2H3,(H,24,27). The number of amides is 1. The monoisotopic (exact) mass is 376 g/mol. The molecule has 3 aromatic carbocycles. The van der Waals surface area contributed by atoms with Crippen LogP contribution in [0.4, 0.5) is 10.1 Å².